The van der Waals surface area contributed by atoms with E-state index in [0.29, 0.717) is 11.7 Å². The Balaban J connectivity index is 1.49. The number of aromatic nitrogens is 2. The van der Waals surface area contributed by atoms with Crippen molar-refractivity contribution in [1.29, 1.82) is 0 Å². The van der Waals surface area contributed by atoms with Crippen molar-refractivity contribution in [3.8, 4) is 0 Å². The van der Waals surface area contributed by atoms with Gasteiger partial charge in [0.2, 0.25) is 0 Å². The first-order valence-electron chi connectivity index (χ1n) is 9.82. The number of nitrogens with zero attached hydrogens (tertiary/aromatic N) is 3. The van der Waals surface area contributed by atoms with Gasteiger partial charge >= 0.3 is 0 Å². The molecule has 1 atom stereocenters. The number of fused-ring (bicyclic) bond motifs is 1. The molecule has 5 nitrogen and oxygen atoms in total. The molecule has 1 saturated heterocycles. The molecule has 1 unspecified atom stereocenters. The summed E-state index contributed by atoms with van der Waals surface area (Å²) in [6.45, 7) is 2.67. The van der Waals surface area contributed by atoms with Gasteiger partial charge in [0.25, 0.3) is 5.91 Å². The van der Waals surface area contributed by atoms with Gasteiger partial charge in [-0.25, -0.2) is 0 Å². The number of carbonyl (C=O) groups is 1. The fourth-order valence-electron chi connectivity index (χ4n) is 4.22. The van der Waals surface area contributed by atoms with Gasteiger partial charge in [0, 0.05) is 48.9 Å². The van der Waals surface area contributed by atoms with Crippen molar-refractivity contribution in [1.82, 2.24) is 20.0 Å². The maximum absolute atomic E-state index is 13.1. The molecule has 3 heterocycles. The molecule has 1 amide bonds. The topological polar surface area (TPSA) is 50.2 Å². The summed E-state index contributed by atoms with van der Waals surface area (Å²) in [7, 11) is 1.98. The molecule has 2 aliphatic rings. The van der Waals surface area contributed by atoms with Crippen molar-refractivity contribution < 1.29 is 4.79 Å². The zero-order valence-corrected chi connectivity index (χ0v) is 16.4. The molecule has 26 heavy (non-hydrogen) atoms. The van der Waals surface area contributed by atoms with Gasteiger partial charge < -0.3 is 10.2 Å². The first kappa shape index (κ1) is 17.7. The fraction of sp³-hybridized carbons (Fsp3) is 0.600. The lowest BCUT2D eigenvalue weighted by atomic mass is 9.91. The second-order valence-electron chi connectivity index (χ2n) is 7.50. The lowest BCUT2D eigenvalue weighted by Gasteiger charge is -2.25. The van der Waals surface area contributed by atoms with E-state index in [1.807, 2.05) is 16.6 Å². The smallest absolute Gasteiger partial charge is 0.274 e. The lowest BCUT2D eigenvalue weighted by Crippen LogP contribution is -2.36. The Morgan fingerprint density at radius 2 is 2.12 bits per heavy atom. The van der Waals surface area contributed by atoms with Gasteiger partial charge in [0.05, 0.1) is 0 Å². The van der Waals surface area contributed by atoms with Crippen molar-refractivity contribution >= 4 is 17.2 Å². The average Bonchev–Trinajstić information content (AvgIpc) is 3.19. The molecular weight excluding hydrogens is 344 g/mol. The van der Waals surface area contributed by atoms with Crippen LogP contribution >= 0.6 is 11.3 Å². The number of amides is 1. The maximum Gasteiger partial charge on any atom is 0.274 e. The van der Waals surface area contributed by atoms with Crippen molar-refractivity contribution in [2.24, 2.45) is 7.05 Å². The van der Waals surface area contributed by atoms with E-state index in [1.165, 1.54) is 29.0 Å². The quantitative estimate of drug-likeness (QED) is 0.897. The average molecular weight is 373 g/mol. The number of aryl methyl sites for hydroxylation is 1. The Labute approximate surface area is 159 Å². The molecule has 2 aromatic rings. The van der Waals surface area contributed by atoms with Crippen LogP contribution in [0.4, 0.5) is 0 Å². The molecule has 6 heteroatoms. The minimum Gasteiger partial charge on any atom is -0.337 e. The standard InChI is InChI=1S/C20H28N4OS/c1-23-18-9-8-15(21-14-16-7-6-12-26-16)13-17(18)19(22-23)20(25)24-10-4-2-3-5-11-24/h6-7,12,15,21H,2-5,8-11,13-14H2,1H3. The molecule has 1 N–H and O–H groups in total. The summed E-state index contributed by atoms with van der Waals surface area (Å²) in [4.78, 5) is 16.5. The van der Waals surface area contributed by atoms with Crippen LogP contribution in [0.2, 0.25) is 0 Å². The molecule has 0 spiro atoms. The Kier molecular flexibility index (Phi) is 5.41. The second kappa shape index (κ2) is 7.92. The molecule has 2 aromatic heterocycles. The lowest BCUT2D eigenvalue weighted by molar-refractivity contribution is 0.0753. The SMILES string of the molecule is Cn1nc(C(=O)N2CCCCCC2)c2c1CCC(NCc1cccs1)C2. The van der Waals surface area contributed by atoms with Crippen LogP contribution in [0, 0.1) is 0 Å². The van der Waals surface area contributed by atoms with E-state index in [4.69, 9.17) is 0 Å². The minimum atomic E-state index is 0.141. The largest absolute Gasteiger partial charge is 0.337 e. The number of hydrogen-bond acceptors (Lipinski definition) is 4. The molecular formula is C20H28N4OS. The predicted octanol–water partition coefficient (Wildman–Crippen LogP) is 3.14. The summed E-state index contributed by atoms with van der Waals surface area (Å²) >= 11 is 1.79. The summed E-state index contributed by atoms with van der Waals surface area (Å²) in [6, 6.07) is 4.69. The van der Waals surface area contributed by atoms with Crippen molar-refractivity contribution in [2.75, 3.05) is 13.1 Å². The molecule has 1 fully saturated rings. The highest BCUT2D eigenvalue weighted by atomic mass is 32.1. The highest BCUT2D eigenvalue weighted by molar-refractivity contribution is 7.09. The van der Waals surface area contributed by atoms with E-state index in [9.17, 15) is 4.79 Å². The third-order valence-corrected chi connectivity index (χ3v) is 6.57. The first-order valence-corrected chi connectivity index (χ1v) is 10.7. The monoisotopic (exact) mass is 372 g/mol. The number of hydrogen-bond donors (Lipinski definition) is 1. The van der Waals surface area contributed by atoms with Crippen LogP contribution in [0.25, 0.3) is 0 Å². The first-order chi connectivity index (χ1) is 12.7. The van der Waals surface area contributed by atoms with Crippen LogP contribution in [-0.4, -0.2) is 39.7 Å². The van der Waals surface area contributed by atoms with Crippen molar-refractivity contribution in [3.05, 3.63) is 39.3 Å². The van der Waals surface area contributed by atoms with Crippen LogP contribution < -0.4 is 5.32 Å². The van der Waals surface area contributed by atoms with Gasteiger partial charge in [-0.05, 0) is 43.6 Å². The molecule has 4 rings (SSSR count). The number of nitrogens with one attached hydrogen (secondary N) is 1. The van der Waals surface area contributed by atoms with Crippen LogP contribution in [0.5, 0.6) is 0 Å². The van der Waals surface area contributed by atoms with E-state index >= 15 is 0 Å². The maximum atomic E-state index is 13.1. The van der Waals surface area contributed by atoms with Gasteiger partial charge in [0.1, 0.15) is 0 Å². The van der Waals surface area contributed by atoms with Crippen LogP contribution in [0.3, 0.4) is 0 Å². The number of thiophene rings is 1. The molecule has 1 aliphatic heterocycles. The molecule has 0 radical (unpaired) electrons. The second-order valence-corrected chi connectivity index (χ2v) is 8.54. The number of carbonyl (C=O) groups excluding carboxylic acids is 1. The predicted molar refractivity (Wildman–Crippen MR) is 105 cm³/mol. The van der Waals surface area contributed by atoms with Gasteiger partial charge in [-0.1, -0.05) is 18.9 Å². The molecule has 0 aromatic carbocycles. The zero-order chi connectivity index (χ0) is 17.9. The molecule has 1 aliphatic carbocycles. The summed E-state index contributed by atoms with van der Waals surface area (Å²) in [5, 5.41) is 10.4. The third-order valence-electron chi connectivity index (χ3n) is 5.70. The Morgan fingerprint density at radius 3 is 2.85 bits per heavy atom. The zero-order valence-electron chi connectivity index (χ0n) is 15.5. The van der Waals surface area contributed by atoms with Crippen molar-refractivity contribution in [2.45, 2.75) is 57.5 Å². The summed E-state index contributed by atoms with van der Waals surface area (Å²) in [5.41, 5.74) is 3.13. The van der Waals surface area contributed by atoms with E-state index < -0.39 is 0 Å². The minimum absolute atomic E-state index is 0.141. The van der Waals surface area contributed by atoms with Crippen LogP contribution in [-0.2, 0) is 26.4 Å². The Hall–Kier alpha value is -1.66. The normalized spacial score (nSPS) is 20.7. The summed E-state index contributed by atoms with van der Waals surface area (Å²) in [6.07, 6.45) is 7.71. The van der Waals surface area contributed by atoms with Gasteiger partial charge in [0.15, 0.2) is 5.69 Å². The summed E-state index contributed by atoms with van der Waals surface area (Å²) in [5.74, 6) is 0.141. The summed E-state index contributed by atoms with van der Waals surface area (Å²) < 4.78 is 1.94. The van der Waals surface area contributed by atoms with E-state index in [1.54, 1.807) is 11.3 Å². The van der Waals surface area contributed by atoms with Crippen molar-refractivity contribution in [3.63, 3.8) is 0 Å². The highest BCUT2D eigenvalue weighted by Gasteiger charge is 2.30. The number of likely N-dealkylation sites (tertiary alicyclic amines) is 1. The highest BCUT2D eigenvalue weighted by Crippen LogP contribution is 2.26. The Morgan fingerprint density at radius 1 is 1.31 bits per heavy atom. The number of rotatable bonds is 4. The molecule has 140 valence electrons. The van der Waals surface area contributed by atoms with E-state index in [0.717, 1.165) is 51.7 Å². The van der Waals surface area contributed by atoms with Crippen LogP contribution in [0.1, 0.15) is 58.7 Å². The van der Waals surface area contributed by atoms with E-state index in [-0.39, 0.29) is 5.91 Å². The van der Waals surface area contributed by atoms with Gasteiger partial charge in [-0.2, -0.15) is 5.10 Å². The molecule has 0 bridgehead atoms. The van der Waals surface area contributed by atoms with Gasteiger partial charge in [-0.3, -0.25) is 9.48 Å². The van der Waals surface area contributed by atoms with Gasteiger partial charge in [-0.15, -0.1) is 11.3 Å². The fourth-order valence-corrected chi connectivity index (χ4v) is 4.87. The molecule has 0 saturated carbocycles. The third kappa shape index (κ3) is 3.71. The Bertz CT molecular complexity index is 744. The van der Waals surface area contributed by atoms with Crippen LogP contribution in [0.15, 0.2) is 17.5 Å². The van der Waals surface area contributed by atoms with E-state index in [2.05, 4.69) is 27.9 Å².